The molecule has 2 heterocycles. The van der Waals surface area contributed by atoms with Crippen LogP contribution in [-0.2, 0) is 7.05 Å². The monoisotopic (exact) mass is 279 g/mol. The van der Waals surface area contributed by atoms with Gasteiger partial charge in [0, 0.05) is 31.2 Å². The van der Waals surface area contributed by atoms with Gasteiger partial charge in [0.05, 0.1) is 17.4 Å². The van der Waals surface area contributed by atoms with Crippen LogP contribution in [-0.4, -0.2) is 16.6 Å². The summed E-state index contributed by atoms with van der Waals surface area (Å²) in [6.07, 6.45) is 3.72. The van der Waals surface area contributed by atoms with Gasteiger partial charge in [0.25, 0.3) is 0 Å². The highest BCUT2D eigenvalue weighted by molar-refractivity contribution is 5.86. The van der Waals surface area contributed by atoms with E-state index in [-0.39, 0.29) is 5.82 Å². The second-order valence-electron chi connectivity index (χ2n) is 4.76. The van der Waals surface area contributed by atoms with Crippen molar-refractivity contribution in [2.45, 2.75) is 0 Å². The molecule has 2 aromatic heterocycles. The number of aromatic nitrogens is 2. The second-order valence-corrected chi connectivity index (χ2v) is 4.76. The van der Waals surface area contributed by atoms with Crippen molar-refractivity contribution in [3.05, 3.63) is 59.7 Å². The minimum Gasteiger partial charge on any atom is -0.387 e. The number of benzene rings is 1. The molecular formula is C17H14FN3. The Morgan fingerprint density at radius 1 is 1.24 bits per heavy atom. The molecule has 0 amide bonds. The lowest BCUT2D eigenvalue weighted by atomic mass is 10.2. The van der Waals surface area contributed by atoms with Gasteiger partial charge in [-0.25, -0.2) is 9.37 Å². The van der Waals surface area contributed by atoms with E-state index >= 15 is 0 Å². The molecule has 0 aliphatic carbocycles. The molecule has 4 heteroatoms. The summed E-state index contributed by atoms with van der Waals surface area (Å²) in [5, 5.41) is 4.05. The number of anilines is 1. The Kier molecular flexibility index (Phi) is 3.33. The molecule has 3 rings (SSSR count). The maximum absolute atomic E-state index is 13.2. The number of rotatable bonds is 1. The van der Waals surface area contributed by atoms with Gasteiger partial charge in [0.2, 0.25) is 0 Å². The number of hydrogen-bond acceptors (Lipinski definition) is 2. The van der Waals surface area contributed by atoms with E-state index in [1.807, 2.05) is 30.9 Å². The summed E-state index contributed by atoms with van der Waals surface area (Å²) in [6.45, 7) is 0. The number of pyridine rings is 1. The van der Waals surface area contributed by atoms with Gasteiger partial charge < -0.3 is 9.88 Å². The topological polar surface area (TPSA) is 29.9 Å². The minimum atomic E-state index is -0.279. The van der Waals surface area contributed by atoms with Crippen LogP contribution in [0.1, 0.15) is 11.1 Å². The maximum Gasteiger partial charge on any atom is 0.141 e. The summed E-state index contributed by atoms with van der Waals surface area (Å²) in [4.78, 5) is 4.41. The smallest absolute Gasteiger partial charge is 0.141 e. The van der Waals surface area contributed by atoms with Crippen LogP contribution in [0.5, 0.6) is 0 Å². The van der Waals surface area contributed by atoms with Gasteiger partial charge in [-0.1, -0.05) is 17.9 Å². The Balaban J connectivity index is 2.09. The largest absolute Gasteiger partial charge is 0.387 e. The van der Waals surface area contributed by atoms with Crippen LogP contribution in [0.15, 0.2) is 42.7 Å². The quantitative estimate of drug-likeness (QED) is 0.693. The number of aryl methyl sites for hydroxylation is 1. The molecule has 0 fully saturated rings. The first kappa shape index (κ1) is 13.2. The van der Waals surface area contributed by atoms with Gasteiger partial charge in [-0.2, -0.15) is 0 Å². The van der Waals surface area contributed by atoms with E-state index in [1.165, 1.54) is 12.1 Å². The van der Waals surface area contributed by atoms with Crippen LogP contribution in [0, 0.1) is 17.7 Å². The van der Waals surface area contributed by atoms with Gasteiger partial charge in [-0.05, 0) is 24.3 Å². The lowest BCUT2D eigenvalue weighted by Crippen LogP contribution is -1.91. The summed E-state index contributed by atoms with van der Waals surface area (Å²) < 4.78 is 15.1. The Morgan fingerprint density at radius 3 is 2.86 bits per heavy atom. The molecular weight excluding hydrogens is 265 g/mol. The average Bonchev–Trinajstić information content (AvgIpc) is 2.81. The van der Waals surface area contributed by atoms with Crippen LogP contribution in [0.3, 0.4) is 0 Å². The third-order valence-electron chi connectivity index (χ3n) is 3.27. The number of nitrogens with one attached hydrogen (secondary N) is 1. The molecule has 1 N–H and O–H groups in total. The molecule has 0 bridgehead atoms. The van der Waals surface area contributed by atoms with Crippen molar-refractivity contribution in [2.24, 2.45) is 7.05 Å². The summed E-state index contributed by atoms with van der Waals surface area (Å²) in [7, 11) is 3.78. The van der Waals surface area contributed by atoms with Gasteiger partial charge in [0.15, 0.2) is 0 Å². The number of fused-ring (bicyclic) bond motifs is 1. The molecule has 21 heavy (non-hydrogen) atoms. The molecule has 0 atom stereocenters. The fraction of sp³-hybridized carbons (Fsp3) is 0.118. The zero-order valence-electron chi connectivity index (χ0n) is 11.8. The van der Waals surface area contributed by atoms with E-state index in [2.05, 4.69) is 22.1 Å². The lowest BCUT2D eigenvalue weighted by Gasteiger charge is -1.99. The van der Waals surface area contributed by atoms with E-state index in [0.29, 0.717) is 5.56 Å². The highest BCUT2D eigenvalue weighted by Crippen LogP contribution is 2.21. The Morgan fingerprint density at radius 2 is 2.10 bits per heavy atom. The highest BCUT2D eigenvalue weighted by Gasteiger charge is 2.06. The van der Waals surface area contributed by atoms with E-state index in [4.69, 9.17) is 0 Å². The summed E-state index contributed by atoms with van der Waals surface area (Å²) in [6, 6.07) is 8.29. The third-order valence-corrected chi connectivity index (χ3v) is 3.27. The average molecular weight is 279 g/mol. The number of nitrogens with zero attached hydrogens (tertiary/aromatic N) is 2. The fourth-order valence-corrected chi connectivity index (χ4v) is 2.20. The first-order valence-corrected chi connectivity index (χ1v) is 6.58. The van der Waals surface area contributed by atoms with Gasteiger partial charge in [-0.3, -0.25) is 0 Å². The Bertz CT molecular complexity index is 869. The first-order chi connectivity index (χ1) is 10.2. The third kappa shape index (κ3) is 2.59. The van der Waals surface area contributed by atoms with Crippen molar-refractivity contribution >= 4 is 16.7 Å². The van der Waals surface area contributed by atoms with Crippen molar-refractivity contribution in [1.29, 1.82) is 0 Å². The van der Waals surface area contributed by atoms with E-state index < -0.39 is 0 Å². The normalized spacial score (nSPS) is 10.2. The molecule has 0 saturated carbocycles. The fourth-order valence-electron chi connectivity index (χ4n) is 2.20. The lowest BCUT2D eigenvalue weighted by molar-refractivity contribution is 0.627. The van der Waals surface area contributed by atoms with Crippen molar-refractivity contribution < 1.29 is 4.39 Å². The minimum absolute atomic E-state index is 0.279. The van der Waals surface area contributed by atoms with Crippen LogP contribution in [0.2, 0.25) is 0 Å². The second kappa shape index (κ2) is 5.29. The summed E-state index contributed by atoms with van der Waals surface area (Å²) >= 11 is 0. The highest BCUT2D eigenvalue weighted by atomic mass is 19.1. The van der Waals surface area contributed by atoms with Crippen molar-refractivity contribution in [1.82, 2.24) is 9.55 Å². The van der Waals surface area contributed by atoms with Crippen molar-refractivity contribution in [3.63, 3.8) is 0 Å². The van der Waals surface area contributed by atoms with Crippen molar-refractivity contribution in [2.75, 3.05) is 12.4 Å². The van der Waals surface area contributed by atoms with E-state index in [0.717, 1.165) is 22.3 Å². The van der Waals surface area contributed by atoms with Gasteiger partial charge >= 0.3 is 0 Å². The number of halogens is 1. The maximum atomic E-state index is 13.2. The standard InChI is InChI=1S/C17H14FN3/c1-19-15-9-16-13(11-21(2)17(16)20-10-15)7-6-12-4-3-5-14(18)8-12/h3-5,8-11,19H,1-2H3. The summed E-state index contributed by atoms with van der Waals surface area (Å²) in [5.41, 5.74) is 3.34. The van der Waals surface area contributed by atoms with Crippen LogP contribution < -0.4 is 5.32 Å². The van der Waals surface area contributed by atoms with Crippen molar-refractivity contribution in [3.8, 4) is 11.8 Å². The molecule has 104 valence electrons. The molecule has 3 nitrogen and oxygen atoms in total. The van der Waals surface area contributed by atoms with Crippen LogP contribution >= 0.6 is 0 Å². The van der Waals surface area contributed by atoms with E-state index in [9.17, 15) is 4.39 Å². The zero-order chi connectivity index (χ0) is 14.8. The Hall–Kier alpha value is -2.80. The van der Waals surface area contributed by atoms with Crippen LogP contribution in [0.4, 0.5) is 10.1 Å². The molecule has 3 aromatic rings. The Labute approximate surface area is 122 Å². The predicted molar refractivity (Wildman–Crippen MR) is 82.6 cm³/mol. The zero-order valence-corrected chi connectivity index (χ0v) is 11.8. The molecule has 1 aromatic carbocycles. The predicted octanol–water partition coefficient (Wildman–Crippen LogP) is 3.15. The first-order valence-electron chi connectivity index (χ1n) is 6.58. The number of hydrogen-bond donors (Lipinski definition) is 1. The van der Waals surface area contributed by atoms with Gasteiger partial charge in [0.1, 0.15) is 11.5 Å². The van der Waals surface area contributed by atoms with Gasteiger partial charge in [-0.15, -0.1) is 0 Å². The summed E-state index contributed by atoms with van der Waals surface area (Å²) in [5.74, 6) is 5.81. The SMILES string of the molecule is CNc1cnc2c(c1)c(C#Cc1cccc(F)c1)cn2C. The molecule has 0 saturated heterocycles. The van der Waals surface area contributed by atoms with E-state index in [1.54, 1.807) is 18.3 Å². The molecule has 0 unspecified atom stereocenters. The molecule has 0 spiro atoms. The van der Waals surface area contributed by atoms with Crippen LogP contribution in [0.25, 0.3) is 11.0 Å². The molecule has 0 aliphatic rings. The molecule has 0 aliphatic heterocycles. The molecule has 0 radical (unpaired) electrons.